The number of halogens is 1. The largest absolute Gasteiger partial charge is 0.301 e. The number of nitrogens with zero attached hydrogens (tertiary/aromatic N) is 2. The van der Waals surface area contributed by atoms with Crippen molar-refractivity contribution >= 4 is 29.2 Å². The van der Waals surface area contributed by atoms with Gasteiger partial charge < -0.3 is 4.79 Å². The van der Waals surface area contributed by atoms with Gasteiger partial charge >= 0.3 is 0 Å². The molecule has 17 heavy (non-hydrogen) atoms. The summed E-state index contributed by atoms with van der Waals surface area (Å²) < 4.78 is 1.68. The standard InChI is InChI=1S/C12H13ClN2OS/c1-8-6-15(12(2,3)7-16)14-10(8)11-9(13)4-5-17-11/h4-7H,1-3H3. The van der Waals surface area contributed by atoms with Crippen LogP contribution in [0.15, 0.2) is 17.6 Å². The normalized spacial score (nSPS) is 11.8. The first-order valence-electron chi connectivity index (χ1n) is 5.22. The molecule has 0 aliphatic carbocycles. The van der Waals surface area contributed by atoms with Crippen molar-refractivity contribution in [3.63, 3.8) is 0 Å². The Kier molecular flexibility index (Phi) is 3.10. The lowest BCUT2D eigenvalue weighted by Gasteiger charge is -2.17. The van der Waals surface area contributed by atoms with E-state index in [0.29, 0.717) is 5.02 Å². The van der Waals surface area contributed by atoms with Gasteiger partial charge in [-0.1, -0.05) is 11.6 Å². The fourth-order valence-electron chi connectivity index (χ4n) is 1.50. The van der Waals surface area contributed by atoms with Crippen LogP contribution < -0.4 is 0 Å². The fraction of sp³-hybridized carbons (Fsp3) is 0.333. The minimum atomic E-state index is -0.632. The molecular formula is C12H13ClN2OS. The van der Waals surface area contributed by atoms with Crippen molar-refractivity contribution in [2.24, 2.45) is 0 Å². The van der Waals surface area contributed by atoms with E-state index in [0.717, 1.165) is 22.4 Å². The molecule has 0 bridgehead atoms. The van der Waals surface area contributed by atoms with Crippen molar-refractivity contribution in [2.75, 3.05) is 0 Å². The molecule has 5 heteroatoms. The summed E-state index contributed by atoms with van der Waals surface area (Å²) in [5.41, 5.74) is 1.23. The third kappa shape index (κ3) is 2.15. The smallest absolute Gasteiger partial charge is 0.147 e. The van der Waals surface area contributed by atoms with Gasteiger partial charge in [0, 0.05) is 6.20 Å². The Morgan fingerprint density at radius 3 is 2.76 bits per heavy atom. The molecule has 2 heterocycles. The Labute approximate surface area is 109 Å². The zero-order chi connectivity index (χ0) is 12.6. The Morgan fingerprint density at radius 2 is 2.24 bits per heavy atom. The van der Waals surface area contributed by atoms with E-state index in [-0.39, 0.29) is 0 Å². The zero-order valence-electron chi connectivity index (χ0n) is 9.90. The van der Waals surface area contributed by atoms with Crippen LogP contribution in [0.3, 0.4) is 0 Å². The predicted octanol–water partition coefficient (Wildman–Crippen LogP) is 3.51. The maximum Gasteiger partial charge on any atom is 0.147 e. The van der Waals surface area contributed by atoms with E-state index in [1.165, 1.54) is 0 Å². The SMILES string of the molecule is Cc1cn(C(C)(C)C=O)nc1-c1sccc1Cl. The van der Waals surface area contributed by atoms with Gasteiger partial charge in [0.1, 0.15) is 17.5 Å². The Balaban J connectivity index is 2.52. The first-order valence-corrected chi connectivity index (χ1v) is 6.48. The van der Waals surface area contributed by atoms with Crippen molar-refractivity contribution in [3.05, 3.63) is 28.2 Å². The van der Waals surface area contributed by atoms with Crippen LogP contribution in [0, 0.1) is 6.92 Å². The fourth-order valence-corrected chi connectivity index (χ4v) is 2.69. The summed E-state index contributed by atoms with van der Waals surface area (Å²) in [6.07, 6.45) is 2.76. The molecule has 2 aromatic rings. The van der Waals surface area contributed by atoms with E-state index in [2.05, 4.69) is 5.10 Å². The van der Waals surface area contributed by atoms with Gasteiger partial charge in [-0.15, -0.1) is 11.3 Å². The summed E-state index contributed by atoms with van der Waals surface area (Å²) in [6.45, 7) is 5.62. The van der Waals surface area contributed by atoms with E-state index in [4.69, 9.17) is 11.6 Å². The summed E-state index contributed by atoms with van der Waals surface area (Å²) in [5, 5.41) is 7.10. The van der Waals surface area contributed by atoms with Gasteiger partial charge in [-0.25, -0.2) is 0 Å². The molecule has 0 unspecified atom stereocenters. The molecule has 0 saturated heterocycles. The van der Waals surface area contributed by atoms with E-state index >= 15 is 0 Å². The van der Waals surface area contributed by atoms with Gasteiger partial charge in [-0.3, -0.25) is 4.68 Å². The lowest BCUT2D eigenvalue weighted by molar-refractivity contribution is -0.114. The van der Waals surface area contributed by atoms with Gasteiger partial charge in [0.05, 0.1) is 9.90 Å². The quantitative estimate of drug-likeness (QED) is 0.799. The molecule has 0 saturated carbocycles. The molecule has 0 amide bonds. The number of aldehydes is 1. The average molecular weight is 269 g/mol. The second-order valence-electron chi connectivity index (χ2n) is 4.47. The molecule has 2 aromatic heterocycles. The minimum absolute atomic E-state index is 0.632. The molecule has 0 aliphatic heterocycles. The molecule has 90 valence electrons. The monoisotopic (exact) mass is 268 g/mol. The molecule has 0 fully saturated rings. The molecule has 3 nitrogen and oxygen atoms in total. The summed E-state index contributed by atoms with van der Waals surface area (Å²) in [7, 11) is 0. The number of aromatic nitrogens is 2. The van der Waals surface area contributed by atoms with Crippen LogP contribution in [0.4, 0.5) is 0 Å². The van der Waals surface area contributed by atoms with Gasteiger partial charge in [0.25, 0.3) is 0 Å². The molecule has 0 N–H and O–H groups in total. The second-order valence-corrected chi connectivity index (χ2v) is 5.80. The van der Waals surface area contributed by atoms with Crippen molar-refractivity contribution in [2.45, 2.75) is 26.3 Å². The van der Waals surface area contributed by atoms with Gasteiger partial charge in [-0.05, 0) is 37.8 Å². The number of rotatable bonds is 3. The molecule has 0 spiro atoms. The van der Waals surface area contributed by atoms with Gasteiger partial charge in [0.15, 0.2) is 0 Å². The topological polar surface area (TPSA) is 34.9 Å². The van der Waals surface area contributed by atoms with Crippen molar-refractivity contribution in [1.82, 2.24) is 9.78 Å². The zero-order valence-corrected chi connectivity index (χ0v) is 11.5. The number of aryl methyl sites for hydroxylation is 1. The number of carbonyl (C=O) groups is 1. The highest BCUT2D eigenvalue weighted by Crippen LogP contribution is 2.34. The lowest BCUT2D eigenvalue weighted by atomic mass is 10.1. The molecule has 0 radical (unpaired) electrons. The highest BCUT2D eigenvalue weighted by molar-refractivity contribution is 7.14. The van der Waals surface area contributed by atoms with Crippen molar-refractivity contribution in [1.29, 1.82) is 0 Å². The van der Waals surface area contributed by atoms with Crippen molar-refractivity contribution < 1.29 is 4.79 Å². The third-order valence-corrected chi connectivity index (χ3v) is 3.96. The van der Waals surface area contributed by atoms with Crippen LogP contribution in [0.25, 0.3) is 10.6 Å². The Hall–Kier alpha value is -1.13. The van der Waals surface area contributed by atoms with Crippen LogP contribution >= 0.6 is 22.9 Å². The predicted molar refractivity (Wildman–Crippen MR) is 70.7 cm³/mol. The molecule has 0 atom stereocenters. The Bertz CT molecular complexity index is 557. The number of thiophene rings is 1. The summed E-state index contributed by atoms with van der Waals surface area (Å²) in [6, 6.07) is 1.85. The first-order chi connectivity index (χ1) is 7.95. The lowest BCUT2D eigenvalue weighted by Crippen LogP contribution is -2.28. The average Bonchev–Trinajstić information content (AvgIpc) is 2.85. The van der Waals surface area contributed by atoms with Gasteiger partial charge in [-0.2, -0.15) is 5.10 Å². The second kappa shape index (κ2) is 4.27. The van der Waals surface area contributed by atoms with Crippen molar-refractivity contribution in [3.8, 4) is 10.6 Å². The molecule has 0 aliphatic rings. The number of carbonyl (C=O) groups excluding carboxylic acids is 1. The third-order valence-electron chi connectivity index (χ3n) is 2.61. The van der Waals surface area contributed by atoms with Crippen LogP contribution in [-0.4, -0.2) is 16.1 Å². The van der Waals surface area contributed by atoms with E-state index in [1.54, 1.807) is 16.0 Å². The number of hydrogen-bond acceptors (Lipinski definition) is 3. The van der Waals surface area contributed by atoms with E-state index in [9.17, 15) is 4.79 Å². The minimum Gasteiger partial charge on any atom is -0.301 e. The van der Waals surface area contributed by atoms with Crippen LogP contribution in [-0.2, 0) is 10.3 Å². The highest BCUT2D eigenvalue weighted by atomic mass is 35.5. The summed E-state index contributed by atoms with van der Waals surface area (Å²) in [4.78, 5) is 12.0. The maximum absolute atomic E-state index is 11.0. The van der Waals surface area contributed by atoms with Gasteiger partial charge in [0.2, 0.25) is 0 Å². The van der Waals surface area contributed by atoms with Crippen LogP contribution in [0.1, 0.15) is 19.4 Å². The Morgan fingerprint density at radius 1 is 1.53 bits per heavy atom. The molecule has 2 rings (SSSR count). The summed E-state index contributed by atoms with van der Waals surface area (Å²) >= 11 is 7.65. The highest BCUT2D eigenvalue weighted by Gasteiger charge is 2.22. The maximum atomic E-state index is 11.0. The van der Waals surface area contributed by atoms with Crippen LogP contribution in [0.5, 0.6) is 0 Å². The molecular weight excluding hydrogens is 256 g/mol. The first kappa shape index (κ1) is 12.3. The van der Waals surface area contributed by atoms with Crippen LogP contribution in [0.2, 0.25) is 5.02 Å². The summed E-state index contributed by atoms with van der Waals surface area (Å²) in [5.74, 6) is 0. The molecule has 0 aromatic carbocycles. The number of hydrogen-bond donors (Lipinski definition) is 0. The van der Waals surface area contributed by atoms with E-state index < -0.39 is 5.54 Å². The van der Waals surface area contributed by atoms with E-state index in [1.807, 2.05) is 38.4 Å².